The second-order valence-corrected chi connectivity index (χ2v) is 0. The fraction of sp³-hybridized carbons (Fsp3) is 0. The molecule has 0 bridgehead atoms. The fourth-order valence-corrected chi connectivity index (χ4v) is 0. The van der Waals surface area contributed by atoms with Gasteiger partial charge in [-0.25, -0.2) is 0 Å². The van der Waals surface area contributed by atoms with Crippen LogP contribution in [0.1, 0.15) is 0 Å². The third-order valence-electron chi connectivity index (χ3n) is 0. The van der Waals surface area contributed by atoms with Gasteiger partial charge in [0.1, 0.15) is 0 Å². The minimum atomic E-state index is 0. The summed E-state index contributed by atoms with van der Waals surface area (Å²) in [4.78, 5) is 0. The average Bonchev–Trinajstić information content (AvgIpc) is 0. The van der Waals surface area contributed by atoms with Crippen LogP contribution < -0.4 is 37.2 Å². The SMILES string of the molecule is O.[Cl-].[Cl-].[Cl-].[Er+3]. The summed E-state index contributed by atoms with van der Waals surface area (Å²) in [6, 6.07) is 0. The number of hydrogen-bond donors (Lipinski definition) is 0. The maximum Gasteiger partial charge on any atom is 3.00 e. The first-order valence-electron chi connectivity index (χ1n) is 0. The maximum atomic E-state index is 0. The smallest absolute Gasteiger partial charge is 1.00 e. The molecule has 0 aliphatic carbocycles. The molecule has 0 aromatic carbocycles. The summed E-state index contributed by atoms with van der Waals surface area (Å²) >= 11 is 0. The molecule has 0 aliphatic rings. The topological polar surface area (TPSA) is 31.5 Å². The van der Waals surface area contributed by atoms with Crippen LogP contribution >= 0.6 is 0 Å². The third kappa shape index (κ3) is 23.4. The van der Waals surface area contributed by atoms with E-state index < -0.39 is 0 Å². The molecule has 0 saturated heterocycles. The molecule has 1 nitrogen and oxygen atoms in total. The third-order valence-corrected chi connectivity index (χ3v) is 0. The van der Waals surface area contributed by atoms with Gasteiger partial charge in [0.25, 0.3) is 0 Å². The van der Waals surface area contributed by atoms with E-state index in [-0.39, 0.29) is 80.0 Å². The van der Waals surface area contributed by atoms with Gasteiger partial charge in [0.05, 0.1) is 0 Å². The maximum absolute atomic E-state index is 0. The Morgan fingerprint density at radius 1 is 0.600 bits per heavy atom. The Hall–Kier alpha value is 2.08. The van der Waals surface area contributed by atoms with Gasteiger partial charge in [-0.3, -0.25) is 0 Å². The molecule has 0 rings (SSSR count). The van der Waals surface area contributed by atoms with E-state index in [9.17, 15) is 0 Å². The Morgan fingerprint density at radius 2 is 0.600 bits per heavy atom. The van der Waals surface area contributed by atoms with Crippen LogP contribution in [0.4, 0.5) is 0 Å². The number of rotatable bonds is 0. The van der Waals surface area contributed by atoms with Crippen LogP contribution in [0.25, 0.3) is 0 Å². The van der Waals surface area contributed by atoms with Gasteiger partial charge in [0, 0.05) is 0 Å². The first-order chi connectivity index (χ1) is 0. The molecular weight excluding hydrogens is 290 g/mol. The van der Waals surface area contributed by atoms with E-state index in [2.05, 4.69) is 0 Å². The summed E-state index contributed by atoms with van der Waals surface area (Å²) in [6.45, 7) is 0. The summed E-state index contributed by atoms with van der Waals surface area (Å²) < 4.78 is 0. The van der Waals surface area contributed by atoms with E-state index in [0.717, 1.165) is 0 Å². The molecule has 0 fully saturated rings. The first-order valence-corrected chi connectivity index (χ1v) is 0. The molecule has 1 radical (unpaired) electrons. The molecule has 0 spiro atoms. The van der Waals surface area contributed by atoms with Crippen molar-refractivity contribution in [1.29, 1.82) is 0 Å². The van der Waals surface area contributed by atoms with Crippen LogP contribution in [0.15, 0.2) is 0 Å². The monoisotopic (exact) mass is 289 g/mol. The van der Waals surface area contributed by atoms with Gasteiger partial charge in [-0.15, -0.1) is 0 Å². The predicted molar refractivity (Wildman–Crippen MR) is 3.61 cm³/mol. The summed E-state index contributed by atoms with van der Waals surface area (Å²) in [5, 5.41) is 0. The van der Waals surface area contributed by atoms with Crippen molar-refractivity contribution in [2.75, 3.05) is 0 Å². The molecule has 0 heterocycles. The second-order valence-electron chi connectivity index (χ2n) is 0. The molecule has 5 heavy (non-hydrogen) atoms. The molecular formula is H2Cl3ErO. The van der Waals surface area contributed by atoms with E-state index in [1.165, 1.54) is 0 Å². The van der Waals surface area contributed by atoms with Crippen molar-refractivity contribution in [3.05, 3.63) is 0 Å². The molecule has 0 aromatic rings. The summed E-state index contributed by atoms with van der Waals surface area (Å²) in [7, 11) is 0. The van der Waals surface area contributed by atoms with Crippen LogP contribution in [-0.2, 0) is 0 Å². The number of halogens is 3. The van der Waals surface area contributed by atoms with Gasteiger partial charge in [-0.1, -0.05) is 0 Å². The van der Waals surface area contributed by atoms with Crippen molar-refractivity contribution in [3.63, 3.8) is 0 Å². The average molecular weight is 292 g/mol. The van der Waals surface area contributed by atoms with E-state index in [1.807, 2.05) is 0 Å². The molecule has 0 atom stereocenters. The van der Waals surface area contributed by atoms with E-state index in [0.29, 0.717) is 0 Å². The zero-order valence-corrected chi connectivity index (χ0v) is 6.04. The van der Waals surface area contributed by atoms with Crippen molar-refractivity contribution in [2.45, 2.75) is 0 Å². The van der Waals surface area contributed by atoms with Crippen LogP contribution in [0, 0.1) is 37.3 Å². The Kier molecular flexibility index (Phi) is 440. The Balaban J connectivity index is 0. The van der Waals surface area contributed by atoms with Crippen LogP contribution in [0.5, 0.6) is 0 Å². The zero-order valence-electron chi connectivity index (χ0n) is 1.92. The molecule has 5 heteroatoms. The molecule has 0 amide bonds. The van der Waals surface area contributed by atoms with Crippen molar-refractivity contribution in [2.24, 2.45) is 0 Å². The number of hydrogen-bond acceptors (Lipinski definition) is 0. The van der Waals surface area contributed by atoms with Gasteiger partial charge >= 0.3 is 37.3 Å². The van der Waals surface area contributed by atoms with Gasteiger partial charge in [-0.05, 0) is 0 Å². The predicted octanol–water partition coefficient (Wildman–Crippen LogP) is -9.81. The molecule has 0 aromatic heterocycles. The van der Waals surface area contributed by atoms with Crippen LogP contribution in [0.3, 0.4) is 0 Å². The minimum Gasteiger partial charge on any atom is -1.00 e. The van der Waals surface area contributed by atoms with E-state index >= 15 is 0 Å². The molecule has 0 unspecified atom stereocenters. The normalized spacial score (nSPS) is 0. The Bertz CT molecular complexity index is 6.85. The van der Waals surface area contributed by atoms with E-state index in [1.54, 1.807) is 0 Å². The summed E-state index contributed by atoms with van der Waals surface area (Å²) in [6.07, 6.45) is 0. The van der Waals surface area contributed by atoms with Crippen molar-refractivity contribution in [3.8, 4) is 0 Å². The Morgan fingerprint density at radius 3 is 0.600 bits per heavy atom. The standard InChI is InChI=1S/3ClH.Er.H2O/h3*1H;;1H2/q;;;+3;/p-3. The molecule has 0 aliphatic heterocycles. The zero-order chi connectivity index (χ0) is 0. The summed E-state index contributed by atoms with van der Waals surface area (Å²) in [5.74, 6) is 0. The molecule has 41 valence electrons. The van der Waals surface area contributed by atoms with E-state index in [4.69, 9.17) is 0 Å². The Labute approximate surface area is 79.0 Å². The van der Waals surface area contributed by atoms with Crippen molar-refractivity contribution < 1.29 is 80.0 Å². The van der Waals surface area contributed by atoms with Crippen molar-refractivity contribution >= 4 is 0 Å². The minimum absolute atomic E-state index is 0. The van der Waals surface area contributed by atoms with Gasteiger partial charge in [0.2, 0.25) is 0 Å². The fourth-order valence-electron chi connectivity index (χ4n) is 0. The van der Waals surface area contributed by atoms with Gasteiger partial charge in [0.15, 0.2) is 0 Å². The van der Waals surface area contributed by atoms with Crippen molar-refractivity contribution in [1.82, 2.24) is 0 Å². The van der Waals surface area contributed by atoms with Crippen LogP contribution in [0.2, 0.25) is 0 Å². The quantitative estimate of drug-likeness (QED) is 0.425. The largest absolute Gasteiger partial charge is 3.00 e. The molecule has 0 saturated carbocycles. The second kappa shape index (κ2) is 36.3. The summed E-state index contributed by atoms with van der Waals surface area (Å²) in [5.41, 5.74) is 0. The van der Waals surface area contributed by atoms with Crippen LogP contribution in [-0.4, -0.2) is 5.48 Å². The van der Waals surface area contributed by atoms with Gasteiger partial charge in [-0.2, -0.15) is 0 Å². The molecule has 2 N–H and O–H groups in total. The first kappa shape index (κ1) is 60.6. The van der Waals surface area contributed by atoms with Gasteiger partial charge < -0.3 is 42.7 Å².